The van der Waals surface area contributed by atoms with Gasteiger partial charge in [-0.3, -0.25) is 4.79 Å². The summed E-state index contributed by atoms with van der Waals surface area (Å²) in [6.07, 6.45) is 5.49. The van der Waals surface area contributed by atoms with E-state index >= 15 is 0 Å². The van der Waals surface area contributed by atoms with Crippen LogP contribution < -0.4 is 5.32 Å². The van der Waals surface area contributed by atoms with Crippen LogP contribution in [0.25, 0.3) is 0 Å². The molecule has 1 N–H and O–H groups in total. The SMILES string of the molecule is O=C(CSc1ccccc1Cl)NCc1cccc(Cn2ccnc2)c1. The second-order valence-corrected chi connectivity index (χ2v) is 6.98. The van der Waals surface area contributed by atoms with E-state index in [0.29, 0.717) is 17.3 Å². The van der Waals surface area contributed by atoms with Gasteiger partial charge in [0.2, 0.25) is 5.91 Å². The van der Waals surface area contributed by atoms with Crippen molar-refractivity contribution in [1.29, 1.82) is 0 Å². The third-order valence-electron chi connectivity index (χ3n) is 3.60. The first kappa shape index (κ1) is 17.6. The molecule has 0 spiro atoms. The number of hydrogen-bond acceptors (Lipinski definition) is 3. The van der Waals surface area contributed by atoms with Gasteiger partial charge in [0, 0.05) is 30.4 Å². The van der Waals surface area contributed by atoms with Crippen LogP contribution in [0.5, 0.6) is 0 Å². The number of halogens is 1. The molecule has 0 aliphatic heterocycles. The molecule has 0 aliphatic carbocycles. The molecule has 0 fully saturated rings. The van der Waals surface area contributed by atoms with Crippen LogP contribution in [0.15, 0.2) is 72.1 Å². The van der Waals surface area contributed by atoms with Crippen molar-refractivity contribution in [3.63, 3.8) is 0 Å². The number of carbonyl (C=O) groups excluding carboxylic acids is 1. The molecule has 25 heavy (non-hydrogen) atoms. The van der Waals surface area contributed by atoms with E-state index in [-0.39, 0.29) is 5.91 Å². The summed E-state index contributed by atoms with van der Waals surface area (Å²) in [4.78, 5) is 17.0. The fourth-order valence-electron chi connectivity index (χ4n) is 2.39. The van der Waals surface area contributed by atoms with Gasteiger partial charge in [-0.05, 0) is 23.3 Å². The Labute approximate surface area is 156 Å². The number of carbonyl (C=O) groups is 1. The molecule has 128 valence electrons. The van der Waals surface area contributed by atoms with E-state index in [0.717, 1.165) is 17.0 Å². The maximum Gasteiger partial charge on any atom is 0.230 e. The van der Waals surface area contributed by atoms with Gasteiger partial charge in [-0.1, -0.05) is 48.0 Å². The highest BCUT2D eigenvalue weighted by molar-refractivity contribution is 8.00. The molecule has 0 saturated heterocycles. The van der Waals surface area contributed by atoms with Crippen molar-refractivity contribution in [2.75, 3.05) is 5.75 Å². The second-order valence-electron chi connectivity index (χ2n) is 5.55. The lowest BCUT2D eigenvalue weighted by Crippen LogP contribution is -2.24. The number of aromatic nitrogens is 2. The fraction of sp³-hybridized carbons (Fsp3) is 0.158. The van der Waals surface area contributed by atoms with Crippen LogP contribution in [0, 0.1) is 0 Å². The zero-order valence-electron chi connectivity index (χ0n) is 13.6. The van der Waals surface area contributed by atoms with Gasteiger partial charge in [-0.25, -0.2) is 4.98 Å². The van der Waals surface area contributed by atoms with Gasteiger partial charge < -0.3 is 9.88 Å². The van der Waals surface area contributed by atoms with Crippen LogP contribution in [0.2, 0.25) is 5.02 Å². The number of rotatable bonds is 7. The van der Waals surface area contributed by atoms with Crippen molar-refractivity contribution >= 4 is 29.3 Å². The van der Waals surface area contributed by atoms with Crippen molar-refractivity contribution in [1.82, 2.24) is 14.9 Å². The Morgan fingerprint density at radius 2 is 2.00 bits per heavy atom. The minimum absolute atomic E-state index is 0.00932. The molecule has 1 aromatic heterocycles. The quantitative estimate of drug-likeness (QED) is 0.639. The summed E-state index contributed by atoms with van der Waals surface area (Å²) in [6.45, 7) is 1.28. The Balaban J connectivity index is 1.49. The number of thioether (sulfide) groups is 1. The summed E-state index contributed by atoms with van der Waals surface area (Å²) < 4.78 is 2.01. The van der Waals surface area contributed by atoms with Crippen molar-refractivity contribution in [2.24, 2.45) is 0 Å². The largest absolute Gasteiger partial charge is 0.351 e. The normalized spacial score (nSPS) is 10.6. The summed E-state index contributed by atoms with van der Waals surface area (Å²) in [6, 6.07) is 15.7. The van der Waals surface area contributed by atoms with Gasteiger partial charge in [-0.15, -0.1) is 11.8 Å². The first-order valence-corrected chi connectivity index (χ1v) is 9.24. The zero-order valence-corrected chi connectivity index (χ0v) is 15.1. The molecule has 3 aromatic rings. The molecule has 0 unspecified atom stereocenters. The third kappa shape index (κ3) is 5.37. The molecular formula is C19H18ClN3OS. The molecule has 6 heteroatoms. The number of nitrogens with zero attached hydrogens (tertiary/aromatic N) is 2. The zero-order chi connectivity index (χ0) is 17.5. The predicted octanol–water partition coefficient (Wildman–Crippen LogP) is 3.99. The molecule has 0 saturated carbocycles. The molecule has 3 rings (SSSR count). The minimum atomic E-state index is -0.00932. The van der Waals surface area contributed by atoms with Crippen LogP contribution in [-0.4, -0.2) is 21.2 Å². The summed E-state index contributed by atoms with van der Waals surface area (Å²) in [5.74, 6) is 0.336. The lowest BCUT2D eigenvalue weighted by Gasteiger charge is -2.08. The predicted molar refractivity (Wildman–Crippen MR) is 102 cm³/mol. The van der Waals surface area contributed by atoms with E-state index in [1.54, 1.807) is 12.5 Å². The fourth-order valence-corrected chi connectivity index (χ4v) is 3.45. The number of nitrogens with one attached hydrogen (secondary N) is 1. The van der Waals surface area contributed by atoms with E-state index < -0.39 is 0 Å². The molecule has 0 radical (unpaired) electrons. The first-order valence-electron chi connectivity index (χ1n) is 7.88. The molecule has 4 nitrogen and oxygen atoms in total. The molecule has 1 amide bonds. The number of hydrogen-bond donors (Lipinski definition) is 1. The van der Waals surface area contributed by atoms with Crippen LogP contribution in [0.1, 0.15) is 11.1 Å². The van der Waals surface area contributed by atoms with E-state index in [1.807, 2.05) is 47.2 Å². The van der Waals surface area contributed by atoms with Gasteiger partial charge in [0.05, 0.1) is 17.1 Å². The highest BCUT2D eigenvalue weighted by Gasteiger charge is 2.06. The Bertz CT molecular complexity index is 836. The molecule has 0 bridgehead atoms. The lowest BCUT2D eigenvalue weighted by atomic mass is 10.1. The van der Waals surface area contributed by atoms with Gasteiger partial charge >= 0.3 is 0 Å². The van der Waals surface area contributed by atoms with E-state index in [4.69, 9.17) is 11.6 Å². The number of benzene rings is 2. The molecule has 2 aromatic carbocycles. The maximum atomic E-state index is 12.1. The first-order chi connectivity index (χ1) is 12.2. The lowest BCUT2D eigenvalue weighted by molar-refractivity contribution is -0.118. The minimum Gasteiger partial charge on any atom is -0.351 e. The monoisotopic (exact) mass is 371 g/mol. The molecule has 0 aliphatic rings. The molecular weight excluding hydrogens is 354 g/mol. The topological polar surface area (TPSA) is 46.9 Å². The summed E-state index contributed by atoms with van der Waals surface area (Å²) in [7, 11) is 0. The Hall–Kier alpha value is -2.24. The number of imidazole rings is 1. The van der Waals surface area contributed by atoms with E-state index in [2.05, 4.69) is 22.4 Å². The third-order valence-corrected chi connectivity index (χ3v) is 5.12. The highest BCUT2D eigenvalue weighted by Crippen LogP contribution is 2.26. The van der Waals surface area contributed by atoms with E-state index in [1.165, 1.54) is 17.3 Å². The summed E-state index contributed by atoms with van der Waals surface area (Å²) in [5.41, 5.74) is 2.25. The Morgan fingerprint density at radius 3 is 2.80 bits per heavy atom. The van der Waals surface area contributed by atoms with E-state index in [9.17, 15) is 4.79 Å². The van der Waals surface area contributed by atoms with Crippen molar-refractivity contribution in [3.8, 4) is 0 Å². The summed E-state index contributed by atoms with van der Waals surface area (Å²) in [5, 5.41) is 3.63. The molecule has 0 atom stereocenters. The smallest absolute Gasteiger partial charge is 0.230 e. The average Bonchev–Trinajstić information content (AvgIpc) is 3.12. The van der Waals surface area contributed by atoms with Crippen molar-refractivity contribution < 1.29 is 4.79 Å². The van der Waals surface area contributed by atoms with Crippen LogP contribution in [0.3, 0.4) is 0 Å². The van der Waals surface area contributed by atoms with Crippen molar-refractivity contribution in [3.05, 3.63) is 83.4 Å². The van der Waals surface area contributed by atoms with Gasteiger partial charge in [0.1, 0.15) is 0 Å². The van der Waals surface area contributed by atoms with Crippen molar-refractivity contribution in [2.45, 2.75) is 18.0 Å². The standard InChI is InChI=1S/C19H18ClN3OS/c20-17-6-1-2-7-18(17)25-13-19(24)22-11-15-4-3-5-16(10-15)12-23-9-8-21-14-23/h1-10,14H,11-13H2,(H,22,24). The van der Waals surface area contributed by atoms with Crippen LogP contribution in [0.4, 0.5) is 0 Å². The van der Waals surface area contributed by atoms with Gasteiger partial charge in [0.15, 0.2) is 0 Å². The van der Waals surface area contributed by atoms with Crippen LogP contribution in [-0.2, 0) is 17.9 Å². The highest BCUT2D eigenvalue weighted by atomic mass is 35.5. The van der Waals surface area contributed by atoms with Gasteiger partial charge in [0.25, 0.3) is 0 Å². The average molecular weight is 372 g/mol. The maximum absolute atomic E-state index is 12.1. The summed E-state index contributed by atoms with van der Waals surface area (Å²) >= 11 is 7.54. The molecule has 1 heterocycles. The van der Waals surface area contributed by atoms with Crippen LogP contribution >= 0.6 is 23.4 Å². The Kier molecular flexibility index (Phi) is 6.14. The van der Waals surface area contributed by atoms with Gasteiger partial charge in [-0.2, -0.15) is 0 Å². The Morgan fingerprint density at radius 1 is 1.16 bits per heavy atom. The second kappa shape index (κ2) is 8.74. The number of amides is 1.